The van der Waals surface area contributed by atoms with E-state index in [-0.39, 0.29) is 6.09 Å². The minimum atomic E-state index is -0.456. The second-order valence-electron chi connectivity index (χ2n) is 11.9. The molecular formula is C30H44N4O3. The number of nitrogens with zero attached hydrogens (tertiary/aromatic N) is 3. The highest BCUT2D eigenvalue weighted by Gasteiger charge is 2.52. The van der Waals surface area contributed by atoms with E-state index in [9.17, 15) is 4.79 Å². The van der Waals surface area contributed by atoms with Gasteiger partial charge in [0.2, 0.25) is 0 Å². The summed E-state index contributed by atoms with van der Waals surface area (Å²) in [6, 6.07) is 12.2. The Bertz CT molecular complexity index is 1040. The number of benzene rings is 1. The largest absolute Gasteiger partial charge is 0.497 e. The molecule has 0 radical (unpaired) electrons. The Morgan fingerprint density at radius 2 is 1.89 bits per heavy atom. The van der Waals surface area contributed by atoms with E-state index in [0.717, 1.165) is 69.0 Å². The average Bonchev–Trinajstić information content (AvgIpc) is 3.60. The van der Waals surface area contributed by atoms with Gasteiger partial charge in [-0.05, 0) is 107 Å². The number of nitrogens with two attached hydrogens (primary N) is 1. The average molecular weight is 509 g/mol. The molecule has 1 saturated heterocycles. The lowest BCUT2D eigenvalue weighted by atomic mass is 9.79. The van der Waals surface area contributed by atoms with Gasteiger partial charge in [-0.3, -0.25) is 0 Å². The Morgan fingerprint density at radius 1 is 1.16 bits per heavy atom. The molecule has 1 aliphatic carbocycles. The van der Waals surface area contributed by atoms with Crippen molar-refractivity contribution in [2.45, 2.75) is 78.4 Å². The summed E-state index contributed by atoms with van der Waals surface area (Å²) in [6.07, 6.45) is 6.86. The van der Waals surface area contributed by atoms with Crippen molar-refractivity contribution in [2.24, 2.45) is 11.3 Å². The Balaban J connectivity index is 1.37. The van der Waals surface area contributed by atoms with Crippen molar-refractivity contribution in [2.75, 3.05) is 37.4 Å². The number of rotatable bonds is 9. The summed E-state index contributed by atoms with van der Waals surface area (Å²) < 4.78 is 11.0. The van der Waals surface area contributed by atoms with Gasteiger partial charge in [0.1, 0.15) is 23.0 Å². The Morgan fingerprint density at radius 3 is 2.51 bits per heavy atom. The first-order valence-electron chi connectivity index (χ1n) is 13.7. The lowest BCUT2D eigenvalue weighted by Crippen LogP contribution is -2.46. The molecule has 4 rings (SSSR count). The fourth-order valence-corrected chi connectivity index (χ4v) is 5.58. The van der Waals surface area contributed by atoms with Gasteiger partial charge in [-0.1, -0.05) is 18.6 Å². The maximum atomic E-state index is 12.7. The van der Waals surface area contributed by atoms with Crippen molar-refractivity contribution in [3.63, 3.8) is 0 Å². The van der Waals surface area contributed by atoms with Crippen LogP contribution in [0.3, 0.4) is 0 Å². The minimum absolute atomic E-state index is 0.165. The number of aromatic nitrogens is 1. The number of amides is 1. The third kappa shape index (κ3) is 7.30. The Hall–Kier alpha value is -2.96. The SMILES string of the molecule is COc1ccc(CN(CCCCC2CN(C(=O)OC(C)(C)C)CCC23CC3)c2cc(C)cc(N)n2)cc1. The number of ether oxygens (including phenoxy) is 2. The van der Waals surface area contributed by atoms with Crippen LogP contribution < -0.4 is 15.4 Å². The van der Waals surface area contributed by atoms with E-state index in [4.69, 9.17) is 15.2 Å². The Kier molecular flexibility index (Phi) is 8.20. The van der Waals surface area contributed by atoms with Crippen molar-refractivity contribution >= 4 is 17.7 Å². The molecule has 1 saturated carbocycles. The molecule has 7 heteroatoms. The lowest BCUT2D eigenvalue weighted by Gasteiger charge is -2.39. The number of aryl methyl sites for hydroxylation is 1. The van der Waals surface area contributed by atoms with E-state index >= 15 is 0 Å². The fourth-order valence-electron chi connectivity index (χ4n) is 5.58. The molecule has 1 aromatic carbocycles. The number of unbranched alkanes of at least 4 members (excludes halogenated alkanes) is 1. The molecule has 7 nitrogen and oxygen atoms in total. The monoisotopic (exact) mass is 508 g/mol. The highest BCUT2D eigenvalue weighted by atomic mass is 16.6. The van der Waals surface area contributed by atoms with Crippen molar-refractivity contribution in [3.05, 3.63) is 47.5 Å². The summed E-state index contributed by atoms with van der Waals surface area (Å²) in [7, 11) is 1.69. The van der Waals surface area contributed by atoms with E-state index in [2.05, 4.69) is 35.0 Å². The van der Waals surface area contributed by atoms with E-state index in [1.165, 1.54) is 18.4 Å². The number of pyridine rings is 1. The zero-order chi connectivity index (χ0) is 26.6. The molecule has 37 heavy (non-hydrogen) atoms. The molecule has 1 atom stereocenters. The van der Waals surface area contributed by atoms with Crippen molar-refractivity contribution in [3.8, 4) is 5.75 Å². The molecule has 2 heterocycles. The number of hydrogen-bond acceptors (Lipinski definition) is 6. The Labute approximate surface area is 222 Å². The molecular weight excluding hydrogens is 464 g/mol. The molecule has 1 aromatic heterocycles. The van der Waals surface area contributed by atoms with Gasteiger partial charge in [0.15, 0.2) is 0 Å². The molecule has 2 N–H and O–H groups in total. The predicted octanol–water partition coefficient (Wildman–Crippen LogP) is 6.19. The molecule has 2 aliphatic rings. The summed E-state index contributed by atoms with van der Waals surface area (Å²) in [5.41, 5.74) is 8.41. The summed E-state index contributed by atoms with van der Waals surface area (Å²) in [4.78, 5) is 21.6. The minimum Gasteiger partial charge on any atom is -0.497 e. The molecule has 1 aliphatic heterocycles. The summed E-state index contributed by atoms with van der Waals surface area (Å²) >= 11 is 0. The number of carbonyl (C=O) groups is 1. The van der Waals surface area contributed by atoms with Gasteiger partial charge in [0.25, 0.3) is 0 Å². The van der Waals surface area contributed by atoms with E-state index in [1.54, 1.807) is 7.11 Å². The normalized spacial score (nSPS) is 18.5. The summed E-state index contributed by atoms with van der Waals surface area (Å²) in [5, 5.41) is 0. The van der Waals surface area contributed by atoms with Crippen molar-refractivity contribution < 1.29 is 14.3 Å². The number of piperidine rings is 1. The van der Waals surface area contributed by atoms with Gasteiger partial charge in [-0.15, -0.1) is 0 Å². The van der Waals surface area contributed by atoms with Gasteiger partial charge in [0, 0.05) is 26.2 Å². The van der Waals surface area contributed by atoms with E-state index in [0.29, 0.717) is 17.2 Å². The van der Waals surface area contributed by atoms with Crippen LogP contribution in [-0.2, 0) is 11.3 Å². The van der Waals surface area contributed by atoms with Gasteiger partial charge >= 0.3 is 6.09 Å². The zero-order valence-electron chi connectivity index (χ0n) is 23.3. The molecule has 202 valence electrons. The number of likely N-dealkylation sites (tertiary alicyclic amines) is 1. The van der Waals surface area contributed by atoms with Crippen LogP contribution >= 0.6 is 0 Å². The van der Waals surface area contributed by atoms with E-state index in [1.807, 2.05) is 43.9 Å². The lowest BCUT2D eigenvalue weighted by molar-refractivity contribution is 0.00656. The van der Waals surface area contributed by atoms with Crippen LogP contribution in [0.4, 0.5) is 16.4 Å². The van der Waals surface area contributed by atoms with Crippen LogP contribution in [0.5, 0.6) is 5.75 Å². The van der Waals surface area contributed by atoms with Crippen LogP contribution in [-0.4, -0.2) is 48.3 Å². The second kappa shape index (κ2) is 11.2. The number of hydrogen-bond donors (Lipinski definition) is 1. The number of anilines is 2. The van der Waals surface area contributed by atoms with Crippen LogP contribution in [0.25, 0.3) is 0 Å². The van der Waals surface area contributed by atoms with Crippen LogP contribution in [0.2, 0.25) is 0 Å². The third-order valence-electron chi connectivity index (χ3n) is 7.79. The smallest absolute Gasteiger partial charge is 0.410 e. The second-order valence-corrected chi connectivity index (χ2v) is 11.9. The molecule has 2 aromatic rings. The van der Waals surface area contributed by atoms with Gasteiger partial charge < -0.3 is 25.0 Å². The number of nitrogen functional groups attached to an aromatic ring is 1. The highest BCUT2D eigenvalue weighted by molar-refractivity contribution is 5.68. The van der Waals surface area contributed by atoms with Crippen LogP contribution in [0, 0.1) is 18.3 Å². The van der Waals surface area contributed by atoms with Crippen molar-refractivity contribution in [1.29, 1.82) is 0 Å². The molecule has 0 bridgehead atoms. The molecule has 2 fully saturated rings. The molecule has 1 unspecified atom stereocenters. The number of methoxy groups -OCH3 is 1. The highest BCUT2D eigenvalue weighted by Crippen LogP contribution is 2.58. The first-order chi connectivity index (χ1) is 17.6. The zero-order valence-corrected chi connectivity index (χ0v) is 23.3. The molecule has 1 spiro atoms. The van der Waals surface area contributed by atoms with Crippen LogP contribution in [0.1, 0.15) is 70.4 Å². The maximum Gasteiger partial charge on any atom is 0.410 e. The topological polar surface area (TPSA) is 80.9 Å². The molecule has 1 amide bonds. The maximum absolute atomic E-state index is 12.7. The van der Waals surface area contributed by atoms with Gasteiger partial charge in [0.05, 0.1) is 7.11 Å². The third-order valence-corrected chi connectivity index (χ3v) is 7.79. The van der Waals surface area contributed by atoms with Gasteiger partial charge in [-0.2, -0.15) is 0 Å². The summed E-state index contributed by atoms with van der Waals surface area (Å²) in [6.45, 7) is 11.2. The summed E-state index contributed by atoms with van der Waals surface area (Å²) in [5.74, 6) is 2.88. The number of carbonyl (C=O) groups excluding carboxylic acids is 1. The fraction of sp³-hybridized carbons (Fsp3) is 0.600. The van der Waals surface area contributed by atoms with Crippen LogP contribution in [0.15, 0.2) is 36.4 Å². The first-order valence-corrected chi connectivity index (χ1v) is 13.7. The first kappa shape index (κ1) is 27.1. The standard InChI is InChI=1S/C30H44N4O3/c1-22-18-26(31)32-27(19-22)33(20-23-9-11-25(36-5)12-10-23)16-7-6-8-24-21-34(17-15-30(24)13-14-30)28(35)37-29(2,3)4/h9-12,18-19,24H,6-8,13-17,20-21H2,1-5H3,(H2,31,32). The van der Waals surface area contributed by atoms with Gasteiger partial charge in [-0.25, -0.2) is 9.78 Å². The quantitative estimate of drug-likeness (QED) is 0.407. The van der Waals surface area contributed by atoms with Crippen molar-refractivity contribution in [1.82, 2.24) is 9.88 Å². The predicted molar refractivity (Wildman–Crippen MR) is 149 cm³/mol. The van der Waals surface area contributed by atoms with E-state index < -0.39 is 5.60 Å².